The predicted octanol–water partition coefficient (Wildman–Crippen LogP) is 0.932. The van der Waals surface area contributed by atoms with E-state index in [2.05, 4.69) is 4.98 Å². The summed E-state index contributed by atoms with van der Waals surface area (Å²) >= 11 is 0. The number of rotatable bonds is 2. The molecule has 15 heavy (non-hydrogen) atoms. The van der Waals surface area contributed by atoms with Crippen LogP contribution in [0.1, 0.15) is 10.6 Å². The van der Waals surface area contributed by atoms with Gasteiger partial charge in [0.05, 0.1) is 5.52 Å². The van der Waals surface area contributed by atoms with Crippen LogP contribution in [0.25, 0.3) is 11.0 Å². The second-order valence-corrected chi connectivity index (χ2v) is 2.85. The van der Waals surface area contributed by atoms with E-state index in [0.29, 0.717) is 5.52 Å². The summed E-state index contributed by atoms with van der Waals surface area (Å²) in [5.41, 5.74) is 0.658. The molecule has 0 amide bonds. The summed E-state index contributed by atoms with van der Waals surface area (Å²) < 4.78 is 13.9. The topological polar surface area (TPSA) is 64.3 Å². The number of carboxylic acid groups (broad SMARTS) is 1. The minimum absolute atomic E-state index is 0.280. The third-order valence-corrected chi connectivity index (χ3v) is 1.95. The average molecular weight is 210 g/mol. The molecule has 1 aromatic carbocycles. The zero-order chi connectivity index (χ0) is 11.0. The van der Waals surface area contributed by atoms with Gasteiger partial charge in [0.2, 0.25) is 0 Å². The average Bonchev–Trinajstić information content (AvgIpc) is 2.55. The molecule has 78 valence electrons. The largest absolute Gasteiger partial charge is 0.475 e. The monoisotopic (exact) mass is 210 g/mol. The number of carboxylic acids is 1. The molecule has 0 unspecified atom stereocenters. The third kappa shape index (κ3) is 1.39. The lowest BCUT2D eigenvalue weighted by Crippen LogP contribution is -2.14. The molecule has 0 aliphatic heterocycles. The molecule has 0 spiro atoms. The molecule has 0 radical (unpaired) electrons. The van der Waals surface area contributed by atoms with Gasteiger partial charge in [-0.15, -0.1) is 0 Å². The van der Waals surface area contributed by atoms with Crippen molar-refractivity contribution in [1.82, 2.24) is 9.71 Å². The van der Waals surface area contributed by atoms with Crippen molar-refractivity contribution in [3.05, 3.63) is 29.8 Å². The van der Waals surface area contributed by atoms with Gasteiger partial charge >= 0.3 is 5.97 Å². The molecule has 2 rings (SSSR count). The molecule has 0 fully saturated rings. The molecular formula is C9H7FN2O3. The molecule has 0 saturated heterocycles. The van der Waals surface area contributed by atoms with Gasteiger partial charge < -0.3 is 9.94 Å². The second-order valence-electron chi connectivity index (χ2n) is 2.85. The molecule has 0 saturated carbocycles. The maximum absolute atomic E-state index is 12.9. The van der Waals surface area contributed by atoms with Gasteiger partial charge in [0, 0.05) is 6.07 Å². The number of fused-ring (bicyclic) bond motifs is 1. The van der Waals surface area contributed by atoms with Crippen LogP contribution in [0.2, 0.25) is 0 Å². The summed E-state index contributed by atoms with van der Waals surface area (Å²) in [6, 6.07) is 3.77. The lowest BCUT2D eigenvalue weighted by Gasteiger charge is -2.02. The Morgan fingerprint density at radius 2 is 2.33 bits per heavy atom. The van der Waals surface area contributed by atoms with Gasteiger partial charge in [-0.25, -0.2) is 14.2 Å². The predicted molar refractivity (Wildman–Crippen MR) is 49.2 cm³/mol. The lowest BCUT2D eigenvalue weighted by atomic mass is 10.3. The zero-order valence-electron chi connectivity index (χ0n) is 7.77. The van der Waals surface area contributed by atoms with Crippen LogP contribution >= 0.6 is 0 Å². The maximum Gasteiger partial charge on any atom is 0.375 e. The standard InChI is InChI=1S/C9H7FN2O3/c1-15-12-7-4-5(10)2-3-6(7)11-8(12)9(13)14/h2-4H,1H3,(H,13,14). The summed E-state index contributed by atoms with van der Waals surface area (Å²) in [6.45, 7) is 0. The Balaban J connectivity index is 2.79. The van der Waals surface area contributed by atoms with Crippen molar-refractivity contribution in [3.63, 3.8) is 0 Å². The van der Waals surface area contributed by atoms with Gasteiger partial charge in [0.25, 0.3) is 5.82 Å². The van der Waals surface area contributed by atoms with Crippen LogP contribution < -0.4 is 4.84 Å². The Hall–Kier alpha value is -2.11. The number of hydrogen-bond donors (Lipinski definition) is 1. The highest BCUT2D eigenvalue weighted by molar-refractivity contribution is 5.89. The number of imidazole rings is 1. The van der Waals surface area contributed by atoms with E-state index in [1.165, 1.54) is 19.2 Å². The van der Waals surface area contributed by atoms with Crippen LogP contribution in [0.3, 0.4) is 0 Å². The molecule has 6 heteroatoms. The van der Waals surface area contributed by atoms with E-state index in [1.807, 2.05) is 0 Å². The van der Waals surface area contributed by atoms with Crippen molar-refractivity contribution in [3.8, 4) is 0 Å². The molecule has 0 bridgehead atoms. The highest BCUT2D eigenvalue weighted by atomic mass is 19.1. The van der Waals surface area contributed by atoms with Crippen LogP contribution in [0, 0.1) is 5.82 Å². The van der Waals surface area contributed by atoms with Gasteiger partial charge in [0.15, 0.2) is 0 Å². The Morgan fingerprint density at radius 3 is 2.93 bits per heavy atom. The summed E-state index contributed by atoms with van der Waals surface area (Å²) in [6.07, 6.45) is 0. The van der Waals surface area contributed by atoms with Gasteiger partial charge in [-0.05, 0) is 12.1 Å². The van der Waals surface area contributed by atoms with Gasteiger partial charge in [-0.1, -0.05) is 0 Å². The number of carbonyl (C=O) groups is 1. The third-order valence-electron chi connectivity index (χ3n) is 1.95. The van der Waals surface area contributed by atoms with Crippen LogP contribution in [-0.2, 0) is 0 Å². The Morgan fingerprint density at radius 1 is 1.60 bits per heavy atom. The van der Waals surface area contributed by atoms with Crippen molar-refractivity contribution in [2.75, 3.05) is 7.11 Å². The summed E-state index contributed by atoms with van der Waals surface area (Å²) in [5.74, 6) is -1.98. The highest BCUT2D eigenvalue weighted by Crippen LogP contribution is 2.16. The fourth-order valence-electron chi connectivity index (χ4n) is 1.35. The number of nitrogens with zero attached hydrogens (tertiary/aromatic N) is 2. The Labute approximate surface area is 83.7 Å². The number of aromatic nitrogens is 2. The fraction of sp³-hybridized carbons (Fsp3) is 0.111. The van der Waals surface area contributed by atoms with Gasteiger partial charge in [-0.2, -0.15) is 4.73 Å². The first-order chi connectivity index (χ1) is 7.13. The summed E-state index contributed by atoms with van der Waals surface area (Å²) in [4.78, 5) is 19.4. The highest BCUT2D eigenvalue weighted by Gasteiger charge is 2.17. The fourth-order valence-corrected chi connectivity index (χ4v) is 1.35. The minimum atomic E-state index is -1.23. The van der Waals surface area contributed by atoms with Crippen molar-refractivity contribution < 1.29 is 19.1 Å². The number of benzene rings is 1. The summed E-state index contributed by atoms with van der Waals surface area (Å²) in [5, 5.41) is 8.81. The van der Waals surface area contributed by atoms with Crippen LogP contribution in [-0.4, -0.2) is 27.9 Å². The minimum Gasteiger partial charge on any atom is -0.475 e. The van der Waals surface area contributed by atoms with E-state index in [4.69, 9.17) is 9.94 Å². The van der Waals surface area contributed by atoms with Crippen molar-refractivity contribution in [2.24, 2.45) is 0 Å². The SMILES string of the molecule is COn1c(C(=O)O)nc2ccc(F)cc21. The quantitative estimate of drug-likeness (QED) is 0.800. The van der Waals surface area contributed by atoms with Gasteiger partial charge in [0.1, 0.15) is 18.4 Å². The molecule has 0 aliphatic rings. The van der Waals surface area contributed by atoms with E-state index >= 15 is 0 Å². The maximum atomic E-state index is 12.9. The molecular weight excluding hydrogens is 203 g/mol. The van der Waals surface area contributed by atoms with Crippen LogP contribution in [0.15, 0.2) is 18.2 Å². The van der Waals surface area contributed by atoms with Gasteiger partial charge in [-0.3, -0.25) is 0 Å². The molecule has 5 nitrogen and oxygen atoms in total. The van der Waals surface area contributed by atoms with Crippen molar-refractivity contribution in [2.45, 2.75) is 0 Å². The van der Waals surface area contributed by atoms with Crippen molar-refractivity contribution >= 4 is 17.0 Å². The number of hydrogen-bond acceptors (Lipinski definition) is 3. The second kappa shape index (κ2) is 3.23. The van der Waals surface area contributed by atoms with Crippen LogP contribution in [0.5, 0.6) is 0 Å². The molecule has 1 heterocycles. The summed E-state index contributed by atoms with van der Waals surface area (Å²) in [7, 11) is 1.29. The van der Waals surface area contributed by atoms with Crippen LogP contribution in [0.4, 0.5) is 4.39 Å². The normalized spacial score (nSPS) is 10.5. The number of aromatic carboxylic acids is 1. The van der Waals surface area contributed by atoms with Crippen molar-refractivity contribution in [1.29, 1.82) is 0 Å². The molecule has 1 N–H and O–H groups in total. The Kier molecular flexibility index (Phi) is 2.03. The molecule has 1 aromatic heterocycles. The number of halogens is 1. The lowest BCUT2D eigenvalue weighted by molar-refractivity contribution is 0.0635. The Bertz CT molecular complexity index is 535. The molecule has 0 atom stereocenters. The molecule has 0 aliphatic carbocycles. The van der Waals surface area contributed by atoms with E-state index in [9.17, 15) is 9.18 Å². The zero-order valence-corrected chi connectivity index (χ0v) is 7.77. The first kappa shape index (κ1) is 9.45. The van der Waals surface area contributed by atoms with E-state index in [1.54, 1.807) is 0 Å². The van der Waals surface area contributed by atoms with E-state index in [0.717, 1.165) is 10.8 Å². The molecule has 2 aromatic rings. The van der Waals surface area contributed by atoms with E-state index < -0.39 is 11.8 Å². The first-order valence-corrected chi connectivity index (χ1v) is 4.09. The first-order valence-electron chi connectivity index (χ1n) is 4.09. The van der Waals surface area contributed by atoms with E-state index in [-0.39, 0.29) is 11.3 Å². The smallest absolute Gasteiger partial charge is 0.375 e.